The lowest BCUT2D eigenvalue weighted by molar-refractivity contribution is 0.0959. The zero-order chi connectivity index (χ0) is 16.1. The van der Waals surface area contributed by atoms with Crippen molar-refractivity contribution in [2.75, 3.05) is 6.61 Å². The number of benzene rings is 1. The summed E-state index contributed by atoms with van der Waals surface area (Å²) < 4.78 is 6.67. The first-order valence-corrected chi connectivity index (χ1v) is 8.71. The van der Waals surface area contributed by atoms with Crippen molar-refractivity contribution in [1.82, 2.24) is 5.43 Å². The first-order valence-electron chi connectivity index (χ1n) is 6.25. The third kappa shape index (κ3) is 3.88. The minimum Gasteiger partial charge on any atom is -0.504 e. The number of nitrogens with one attached hydrogen (secondary N) is 1. The Balaban J connectivity index is 2.21. The fourth-order valence-electron chi connectivity index (χ4n) is 1.61. The molecule has 2 rings (SSSR count). The van der Waals surface area contributed by atoms with Crippen molar-refractivity contribution in [1.29, 1.82) is 0 Å². The molecule has 2 aromatic rings. The van der Waals surface area contributed by atoms with Crippen molar-refractivity contribution in [3.05, 3.63) is 43.0 Å². The number of nitrogens with zero attached hydrogens (tertiary/aromatic N) is 1. The van der Waals surface area contributed by atoms with Gasteiger partial charge in [0, 0.05) is 8.95 Å². The van der Waals surface area contributed by atoms with E-state index in [0.29, 0.717) is 31.7 Å². The molecule has 0 atom stereocenters. The average Bonchev–Trinajstić information content (AvgIpc) is 3.02. The van der Waals surface area contributed by atoms with Crippen LogP contribution in [-0.2, 0) is 0 Å². The molecule has 0 saturated carbocycles. The van der Waals surface area contributed by atoms with E-state index in [9.17, 15) is 9.90 Å². The molecular weight excluding hydrogens is 436 g/mol. The number of carbonyl (C=O) groups is 1. The van der Waals surface area contributed by atoms with Gasteiger partial charge in [-0.15, -0.1) is 11.3 Å². The van der Waals surface area contributed by atoms with Gasteiger partial charge in [-0.1, -0.05) is 6.07 Å². The molecule has 116 valence electrons. The molecule has 0 aliphatic heterocycles. The minimum absolute atomic E-state index is 0.0500. The van der Waals surface area contributed by atoms with Crippen molar-refractivity contribution in [2.45, 2.75) is 6.92 Å². The Morgan fingerprint density at radius 1 is 1.55 bits per heavy atom. The molecule has 0 aliphatic carbocycles. The monoisotopic (exact) mass is 446 g/mol. The van der Waals surface area contributed by atoms with Gasteiger partial charge < -0.3 is 9.84 Å². The topological polar surface area (TPSA) is 70.9 Å². The highest BCUT2D eigenvalue weighted by atomic mass is 79.9. The number of rotatable bonds is 5. The van der Waals surface area contributed by atoms with Crippen LogP contribution in [0.3, 0.4) is 0 Å². The highest BCUT2D eigenvalue weighted by Gasteiger charge is 2.15. The summed E-state index contributed by atoms with van der Waals surface area (Å²) in [5, 5.41) is 15.9. The molecule has 5 nitrogen and oxygen atoms in total. The van der Waals surface area contributed by atoms with Crippen molar-refractivity contribution in [3.63, 3.8) is 0 Å². The molecule has 0 unspecified atom stereocenters. The second-order valence-corrected chi connectivity index (χ2v) is 6.64. The molecule has 0 bridgehead atoms. The largest absolute Gasteiger partial charge is 0.504 e. The van der Waals surface area contributed by atoms with Gasteiger partial charge in [-0.05, 0) is 56.3 Å². The van der Waals surface area contributed by atoms with Crippen LogP contribution < -0.4 is 10.2 Å². The quantitative estimate of drug-likeness (QED) is 0.534. The lowest BCUT2D eigenvalue weighted by Gasteiger charge is -2.11. The number of hydrazone groups is 1. The van der Waals surface area contributed by atoms with Gasteiger partial charge in [0.15, 0.2) is 11.5 Å². The van der Waals surface area contributed by atoms with Crippen LogP contribution in [0.25, 0.3) is 0 Å². The summed E-state index contributed by atoms with van der Waals surface area (Å²) in [4.78, 5) is 12.3. The van der Waals surface area contributed by atoms with Crippen molar-refractivity contribution >= 4 is 55.3 Å². The highest BCUT2D eigenvalue weighted by Crippen LogP contribution is 2.39. The normalized spacial score (nSPS) is 10.9. The smallest absolute Gasteiger partial charge is 0.281 e. The molecule has 22 heavy (non-hydrogen) atoms. The molecule has 0 fully saturated rings. The van der Waals surface area contributed by atoms with Crippen LogP contribution in [0.1, 0.15) is 22.2 Å². The number of thiophene rings is 1. The molecule has 0 spiro atoms. The van der Waals surface area contributed by atoms with Crippen LogP contribution in [-0.4, -0.2) is 23.8 Å². The van der Waals surface area contributed by atoms with Gasteiger partial charge in [0.05, 0.1) is 23.3 Å². The maximum absolute atomic E-state index is 11.8. The molecule has 1 amide bonds. The molecule has 1 aromatic heterocycles. The fourth-order valence-corrected chi connectivity index (χ4v) is 3.05. The Bertz CT molecular complexity index is 703. The number of amides is 1. The van der Waals surface area contributed by atoms with Crippen LogP contribution in [0.4, 0.5) is 0 Å². The first kappa shape index (κ1) is 17.0. The van der Waals surface area contributed by atoms with E-state index < -0.39 is 0 Å². The SMILES string of the molecule is CCOc1cc(Br)c(Br)c(/C=N\NC(=O)c2cccs2)c1O. The second-order valence-electron chi connectivity index (χ2n) is 4.04. The van der Waals surface area contributed by atoms with Gasteiger partial charge in [-0.25, -0.2) is 5.43 Å². The van der Waals surface area contributed by atoms with E-state index >= 15 is 0 Å². The number of phenolic OH excluding ortho intramolecular Hbond substituents is 1. The van der Waals surface area contributed by atoms with Crippen LogP contribution >= 0.6 is 43.2 Å². The number of hydrogen-bond acceptors (Lipinski definition) is 5. The van der Waals surface area contributed by atoms with E-state index in [2.05, 4.69) is 42.4 Å². The standard InChI is InChI=1S/C14H12Br2N2O3S/c1-2-21-10-6-9(15)12(16)8(13(10)19)7-17-18-14(20)11-4-3-5-22-11/h3-7,19H,2H2,1H3,(H,18,20)/b17-7-. The Kier molecular flexibility index (Phi) is 5.98. The van der Waals surface area contributed by atoms with Gasteiger partial charge in [0.2, 0.25) is 0 Å². The summed E-state index contributed by atoms with van der Waals surface area (Å²) in [6, 6.07) is 5.15. The Morgan fingerprint density at radius 3 is 2.95 bits per heavy atom. The van der Waals surface area contributed by atoms with Crippen molar-refractivity contribution in [2.24, 2.45) is 5.10 Å². The van der Waals surface area contributed by atoms with Crippen molar-refractivity contribution < 1.29 is 14.6 Å². The molecule has 0 saturated heterocycles. The third-order valence-electron chi connectivity index (χ3n) is 2.60. The average molecular weight is 448 g/mol. The number of hydrogen-bond donors (Lipinski definition) is 2. The number of ether oxygens (including phenoxy) is 1. The number of halogens is 2. The lowest BCUT2D eigenvalue weighted by Crippen LogP contribution is -2.16. The number of carbonyl (C=O) groups excluding carboxylic acids is 1. The predicted molar refractivity (Wildman–Crippen MR) is 94.1 cm³/mol. The molecule has 2 N–H and O–H groups in total. The van der Waals surface area contributed by atoms with E-state index in [1.807, 2.05) is 12.3 Å². The Morgan fingerprint density at radius 2 is 2.32 bits per heavy atom. The Hall–Kier alpha value is -1.38. The number of aromatic hydroxyl groups is 1. The van der Waals surface area contributed by atoms with E-state index in [0.717, 1.165) is 0 Å². The molecule has 0 aliphatic rings. The van der Waals surface area contributed by atoms with Crippen molar-refractivity contribution in [3.8, 4) is 11.5 Å². The summed E-state index contributed by atoms with van der Waals surface area (Å²) in [5.41, 5.74) is 2.82. The van der Waals surface area contributed by atoms with Crippen LogP contribution in [0.2, 0.25) is 0 Å². The zero-order valence-corrected chi connectivity index (χ0v) is 15.5. The van der Waals surface area contributed by atoms with E-state index in [-0.39, 0.29) is 11.7 Å². The molecule has 8 heteroatoms. The van der Waals surface area contributed by atoms with Crippen LogP contribution in [0.5, 0.6) is 11.5 Å². The maximum atomic E-state index is 11.8. The molecule has 1 heterocycles. The van der Waals surface area contributed by atoms with Gasteiger partial charge in [0.1, 0.15) is 0 Å². The predicted octanol–water partition coefficient (Wildman–Crippen LogP) is 4.14. The minimum atomic E-state index is -0.304. The van der Waals surface area contributed by atoms with E-state index in [4.69, 9.17) is 4.74 Å². The van der Waals surface area contributed by atoms with E-state index in [1.165, 1.54) is 17.6 Å². The van der Waals surface area contributed by atoms with E-state index in [1.54, 1.807) is 18.2 Å². The van der Waals surface area contributed by atoms with Crippen LogP contribution in [0, 0.1) is 0 Å². The summed E-state index contributed by atoms with van der Waals surface area (Å²) in [7, 11) is 0. The highest BCUT2D eigenvalue weighted by molar-refractivity contribution is 9.13. The van der Waals surface area contributed by atoms with Gasteiger partial charge >= 0.3 is 0 Å². The second kappa shape index (κ2) is 7.75. The van der Waals surface area contributed by atoms with Gasteiger partial charge in [-0.2, -0.15) is 5.10 Å². The molecule has 0 radical (unpaired) electrons. The van der Waals surface area contributed by atoms with Gasteiger partial charge in [-0.3, -0.25) is 4.79 Å². The van der Waals surface area contributed by atoms with Gasteiger partial charge in [0.25, 0.3) is 5.91 Å². The molecule has 1 aromatic carbocycles. The Labute approximate surface area is 148 Å². The summed E-state index contributed by atoms with van der Waals surface area (Å²) in [5.74, 6) is -0.0171. The zero-order valence-electron chi connectivity index (χ0n) is 11.5. The first-order chi connectivity index (χ1) is 10.5. The fraction of sp³-hybridized carbons (Fsp3) is 0.143. The number of phenols is 1. The van der Waals surface area contributed by atoms with Crippen LogP contribution in [0.15, 0.2) is 37.6 Å². The maximum Gasteiger partial charge on any atom is 0.281 e. The summed E-state index contributed by atoms with van der Waals surface area (Å²) >= 11 is 8.05. The molecular formula is C14H12Br2N2O3S. The summed E-state index contributed by atoms with van der Waals surface area (Å²) in [6.45, 7) is 2.25. The summed E-state index contributed by atoms with van der Waals surface area (Å²) in [6.07, 6.45) is 1.36. The third-order valence-corrected chi connectivity index (χ3v) is 5.48. The lowest BCUT2D eigenvalue weighted by atomic mass is 10.2.